The molecular weight excluding hydrogens is 460 g/mol. The van der Waals surface area contributed by atoms with Gasteiger partial charge in [-0.05, 0) is 47.5 Å². The fourth-order valence-electron chi connectivity index (χ4n) is 2.93. The third-order valence-electron chi connectivity index (χ3n) is 4.37. The number of rotatable bonds is 9. The Kier molecular flexibility index (Phi) is 8.20. The van der Waals surface area contributed by atoms with Gasteiger partial charge in [0, 0.05) is 23.8 Å². The quantitative estimate of drug-likeness (QED) is 0.469. The summed E-state index contributed by atoms with van der Waals surface area (Å²) in [7, 11) is 1.64. The van der Waals surface area contributed by atoms with Gasteiger partial charge in [0.2, 0.25) is 0 Å². The number of hydrogen-bond acceptors (Lipinski definition) is 4. The van der Waals surface area contributed by atoms with E-state index in [0.29, 0.717) is 30.2 Å². The Morgan fingerprint density at radius 1 is 0.935 bits per heavy atom. The van der Waals surface area contributed by atoms with Crippen molar-refractivity contribution in [1.29, 1.82) is 0 Å². The molecule has 0 saturated carbocycles. The van der Waals surface area contributed by atoms with Crippen LogP contribution in [0, 0.1) is 0 Å². The molecule has 7 heteroatoms. The Hall–Kier alpha value is -3.16. The SMILES string of the molecule is COCc1cccc(CNC(=O)c2ccccc2OCC(=O)Nc2ccc(Br)cc2)c1. The molecule has 0 spiro atoms. The lowest BCUT2D eigenvalue weighted by molar-refractivity contribution is -0.118. The fraction of sp³-hybridized carbons (Fsp3) is 0.167. The monoisotopic (exact) mass is 482 g/mol. The minimum absolute atomic E-state index is 0.209. The van der Waals surface area contributed by atoms with Crippen LogP contribution in [0.4, 0.5) is 5.69 Å². The first kappa shape index (κ1) is 22.5. The average molecular weight is 483 g/mol. The number of benzene rings is 3. The second-order valence-corrected chi connectivity index (χ2v) is 7.69. The zero-order valence-corrected chi connectivity index (χ0v) is 18.6. The largest absolute Gasteiger partial charge is 0.483 e. The zero-order chi connectivity index (χ0) is 22.1. The van der Waals surface area contributed by atoms with Crippen molar-refractivity contribution in [2.24, 2.45) is 0 Å². The molecule has 31 heavy (non-hydrogen) atoms. The second-order valence-electron chi connectivity index (χ2n) is 6.78. The summed E-state index contributed by atoms with van der Waals surface area (Å²) in [5.74, 6) is -0.243. The van der Waals surface area contributed by atoms with Crippen molar-refractivity contribution < 1.29 is 19.1 Å². The number of halogens is 1. The number of ether oxygens (including phenoxy) is 2. The summed E-state index contributed by atoms with van der Waals surface area (Å²) >= 11 is 3.35. The van der Waals surface area contributed by atoms with E-state index in [1.54, 1.807) is 43.5 Å². The van der Waals surface area contributed by atoms with Gasteiger partial charge in [-0.15, -0.1) is 0 Å². The van der Waals surface area contributed by atoms with Crippen LogP contribution >= 0.6 is 15.9 Å². The lowest BCUT2D eigenvalue weighted by Crippen LogP contribution is -2.25. The molecule has 0 fully saturated rings. The topological polar surface area (TPSA) is 76.7 Å². The van der Waals surface area contributed by atoms with Crippen molar-refractivity contribution in [3.05, 3.63) is 94.0 Å². The Morgan fingerprint density at radius 3 is 2.45 bits per heavy atom. The summed E-state index contributed by atoms with van der Waals surface area (Å²) in [6, 6.07) is 21.9. The van der Waals surface area contributed by atoms with E-state index in [9.17, 15) is 9.59 Å². The van der Waals surface area contributed by atoms with Gasteiger partial charge in [0.1, 0.15) is 5.75 Å². The van der Waals surface area contributed by atoms with Crippen LogP contribution in [-0.2, 0) is 22.7 Å². The van der Waals surface area contributed by atoms with E-state index < -0.39 is 0 Å². The maximum atomic E-state index is 12.7. The van der Waals surface area contributed by atoms with E-state index in [1.807, 2.05) is 36.4 Å². The maximum absolute atomic E-state index is 12.7. The van der Waals surface area contributed by atoms with Crippen LogP contribution in [0.15, 0.2) is 77.3 Å². The van der Waals surface area contributed by atoms with Crippen molar-refractivity contribution in [2.75, 3.05) is 19.0 Å². The molecule has 0 atom stereocenters. The second kappa shape index (κ2) is 11.3. The van der Waals surface area contributed by atoms with Crippen LogP contribution in [0.3, 0.4) is 0 Å². The molecule has 0 aliphatic rings. The Labute approximate surface area is 189 Å². The first-order valence-electron chi connectivity index (χ1n) is 9.67. The van der Waals surface area contributed by atoms with Gasteiger partial charge in [-0.3, -0.25) is 9.59 Å². The number of amides is 2. The van der Waals surface area contributed by atoms with Crippen LogP contribution in [-0.4, -0.2) is 25.5 Å². The number of hydrogen-bond donors (Lipinski definition) is 2. The summed E-state index contributed by atoms with van der Waals surface area (Å²) in [6.45, 7) is 0.676. The fourth-order valence-corrected chi connectivity index (χ4v) is 3.19. The number of para-hydroxylation sites is 1. The Bertz CT molecular complexity index is 1040. The summed E-state index contributed by atoms with van der Waals surface area (Å²) in [5.41, 5.74) is 3.04. The summed E-state index contributed by atoms with van der Waals surface area (Å²) in [5, 5.41) is 5.65. The van der Waals surface area contributed by atoms with Gasteiger partial charge in [0.05, 0.1) is 12.2 Å². The molecule has 0 bridgehead atoms. The third-order valence-corrected chi connectivity index (χ3v) is 4.90. The van der Waals surface area contributed by atoms with E-state index in [1.165, 1.54) is 0 Å². The third kappa shape index (κ3) is 6.94. The smallest absolute Gasteiger partial charge is 0.262 e. The molecule has 2 N–H and O–H groups in total. The lowest BCUT2D eigenvalue weighted by atomic mass is 10.1. The zero-order valence-electron chi connectivity index (χ0n) is 17.1. The van der Waals surface area contributed by atoms with E-state index >= 15 is 0 Å². The highest BCUT2D eigenvalue weighted by Crippen LogP contribution is 2.19. The number of carbonyl (C=O) groups excluding carboxylic acids is 2. The predicted molar refractivity (Wildman–Crippen MR) is 123 cm³/mol. The number of nitrogens with one attached hydrogen (secondary N) is 2. The van der Waals surface area contributed by atoms with Crippen molar-refractivity contribution in [2.45, 2.75) is 13.2 Å². The first-order valence-corrected chi connectivity index (χ1v) is 10.5. The van der Waals surface area contributed by atoms with Gasteiger partial charge < -0.3 is 20.1 Å². The number of methoxy groups -OCH3 is 1. The van der Waals surface area contributed by atoms with E-state index in [-0.39, 0.29) is 18.4 Å². The van der Waals surface area contributed by atoms with Crippen molar-refractivity contribution in [1.82, 2.24) is 5.32 Å². The molecule has 0 heterocycles. The molecule has 0 aromatic heterocycles. The van der Waals surface area contributed by atoms with E-state index in [4.69, 9.17) is 9.47 Å². The van der Waals surface area contributed by atoms with Crippen molar-refractivity contribution in [3.8, 4) is 5.75 Å². The highest BCUT2D eigenvalue weighted by Gasteiger charge is 2.13. The highest BCUT2D eigenvalue weighted by molar-refractivity contribution is 9.10. The predicted octanol–water partition coefficient (Wildman–Crippen LogP) is 4.54. The molecule has 0 unspecified atom stereocenters. The van der Waals surface area contributed by atoms with Crippen LogP contribution < -0.4 is 15.4 Å². The van der Waals surface area contributed by atoms with Gasteiger partial charge in [-0.1, -0.05) is 52.3 Å². The molecule has 0 saturated heterocycles. The van der Waals surface area contributed by atoms with Crippen LogP contribution in [0.2, 0.25) is 0 Å². The van der Waals surface area contributed by atoms with Crippen molar-refractivity contribution in [3.63, 3.8) is 0 Å². The minimum atomic E-state index is -0.313. The molecule has 0 aliphatic heterocycles. The van der Waals surface area contributed by atoms with Crippen molar-refractivity contribution >= 4 is 33.4 Å². The van der Waals surface area contributed by atoms with Gasteiger partial charge in [0.25, 0.3) is 11.8 Å². The van der Waals surface area contributed by atoms with E-state index in [2.05, 4.69) is 26.6 Å². The molecule has 3 aromatic carbocycles. The van der Waals surface area contributed by atoms with Crippen LogP contribution in [0.5, 0.6) is 5.75 Å². The normalized spacial score (nSPS) is 10.4. The highest BCUT2D eigenvalue weighted by atomic mass is 79.9. The minimum Gasteiger partial charge on any atom is -0.483 e. The van der Waals surface area contributed by atoms with Gasteiger partial charge in [0.15, 0.2) is 6.61 Å². The lowest BCUT2D eigenvalue weighted by Gasteiger charge is -2.12. The number of anilines is 1. The molecule has 0 aliphatic carbocycles. The standard InChI is InChI=1S/C24H23BrN2O4/c1-30-15-18-6-4-5-17(13-18)14-26-24(29)21-7-2-3-8-22(21)31-16-23(28)27-20-11-9-19(25)10-12-20/h2-13H,14-16H2,1H3,(H,26,29)(H,27,28). The molecule has 2 amide bonds. The molecule has 3 aromatic rings. The van der Waals surface area contributed by atoms with Crippen LogP contribution in [0.1, 0.15) is 21.5 Å². The summed E-state index contributed by atoms with van der Waals surface area (Å²) in [6.07, 6.45) is 0. The molecule has 160 valence electrons. The molecule has 0 radical (unpaired) electrons. The van der Waals surface area contributed by atoms with Crippen LogP contribution in [0.25, 0.3) is 0 Å². The molecular formula is C24H23BrN2O4. The summed E-state index contributed by atoms with van der Waals surface area (Å²) in [4.78, 5) is 24.9. The Balaban J connectivity index is 1.57. The van der Waals surface area contributed by atoms with Gasteiger partial charge in [-0.25, -0.2) is 0 Å². The number of carbonyl (C=O) groups is 2. The maximum Gasteiger partial charge on any atom is 0.262 e. The molecule has 6 nitrogen and oxygen atoms in total. The first-order chi connectivity index (χ1) is 15.0. The van der Waals surface area contributed by atoms with Gasteiger partial charge >= 0.3 is 0 Å². The molecule has 3 rings (SSSR count). The van der Waals surface area contributed by atoms with Gasteiger partial charge in [-0.2, -0.15) is 0 Å². The average Bonchev–Trinajstić information content (AvgIpc) is 2.78. The Morgan fingerprint density at radius 2 is 1.68 bits per heavy atom. The van der Waals surface area contributed by atoms with E-state index in [0.717, 1.165) is 15.6 Å². The summed E-state index contributed by atoms with van der Waals surface area (Å²) < 4.78 is 11.7.